The van der Waals surface area contributed by atoms with Gasteiger partial charge in [0.15, 0.2) is 0 Å². The molecule has 0 amide bonds. The average Bonchev–Trinajstić information content (AvgIpc) is 2.83. The van der Waals surface area contributed by atoms with E-state index in [0.29, 0.717) is 5.02 Å². The summed E-state index contributed by atoms with van der Waals surface area (Å²) >= 11 is 7.99. The number of aromatic nitrogens is 2. The molecule has 108 valence electrons. The zero-order valence-electron chi connectivity index (χ0n) is 11.6. The number of nitrogens with two attached hydrogens (primary N) is 1. The summed E-state index contributed by atoms with van der Waals surface area (Å²) in [5, 5.41) is 4.97. The molecule has 6 heteroatoms. The van der Waals surface area contributed by atoms with Crippen LogP contribution in [0.1, 0.15) is 31.6 Å². The maximum atomic E-state index is 6.26. The van der Waals surface area contributed by atoms with Gasteiger partial charge in [-0.05, 0) is 26.0 Å². The highest BCUT2D eigenvalue weighted by atomic mass is 35.5. The van der Waals surface area contributed by atoms with E-state index in [9.17, 15) is 0 Å². The minimum atomic E-state index is -0.0439. The van der Waals surface area contributed by atoms with E-state index in [1.54, 1.807) is 18.0 Å². The lowest BCUT2D eigenvalue weighted by Crippen LogP contribution is -2.32. The van der Waals surface area contributed by atoms with Crippen LogP contribution in [0, 0.1) is 0 Å². The smallest absolute Gasteiger partial charge is 0.0835 e. The highest BCUT2D eigenvalue weighted by molar-refractivity contribution is 7.99. The number of halogens is 1. The molecule has 4 nitrogen and oxygen atoms in total. The predicted molar refractivity (Wildman–Crippen MR) is 84.9 cm³/mol. The normalized spacial score (nSPS) is 12.8. The van der Waals surface area contributed by atoms with Crippen molar-refractivity contribution < 1.29 is 0 Å². The van der Waals surface area contributed by atoms with Crippen molar-refractivity contribution in [2.45, 2.75) is 30.8 Å². The summed E-state index contributed by atoms with van der Waals surface area (Å²) in [4.78, 5) is 1.21. The van der Waals surface area contributed by atoms with Gasteiger partial charge in [-0.3, -0.25) is 16.0 Å². The van der Waals surface area contributed by atoms with Gasteiger partial charge in [0.05, 0.1) is 23.0 Å². The summed E-state index contributed by atoms with van der Waals surface area (Å²) in [7, 11) is 0. The Morgan fingerprint density at radius 3 is 2.65 bits per heavy atom. The Hall–Kier alpha value is -1.01. The number of benzene rings is 1. The molecule has 20 heavy (non-hydrogen) atoms. The van der Waals surface area contributed by atoms with Gasteiger partial charge < -0.3 is 0 Å². The Balaban J connectivity index is 2.14. The molecular weight excluding hydrogens is 292 g/mol. The molecule has 1 atom stereocenters. The van der Waals surface area contributed by atoms with Gasteiger partial charge in [0.1, 0.15) is 0 Å². The minimum Gasteiger partial charge on any atom is -0.271 e. The van der Waals surface area contributed by atoms with Crippen LogP contribution in [0.15, 0.2) is 41.4 Å². The maximum absolute atomic E-state index is 6.26. The summed E-state index contributed by atoms with van der Waals surface area (Å²) in [6.07, 6.45) is 1.68. The van der Waals surface area contributed by atoms with Gasteiger partial charge in [-0.2, -0.15) is 5.10 Å². The zero-order valence-corrected chi connectivity index (χ0v) is 13.2. The second-order valence-corrected chi connectivity index (χ2v) is 6.26. The molecule has 2 aromatic rings. The highest BCUT2D eigenvalue weighted by Gasteiger charge is 2.21. The molecular formula is C14H19ClN4S. The van der Waals surface area contributed by atoms with E-state index in [1.807, 2.05) is 22.9 Å². The van der Waals surface area contributed by atoms with Crippen LogP contribution in [0.5, 0.6) is 0 Å². The fourth-order valence-corrected chi connectivity index (χ4v) is 3.22. The average molecular weight is 311 g/mol. The summed E-state index contributed by atoms with van der Waals surface area (Å²) < 4.78 is 1.92. The summed E-state index contributed by atoms with van der Waals surface area (Å²) in [6, 6.07) is 10.4. The third kappa shape index (κ3) is 3.55. The van der Waals surface area contributed by atoms with Crippen LogP contribution in [0.3, 0.4) is 0 Å². The van der Waals surface area contributed by atoms with Crippen molar-refractivity contribution in [2.75, 3.05) is 5.75 Å². The number of hydrogen-bond acceptors (Lipinski definition) is 4. The van der Waals surface area contributed by atoms with E-state index in [2.05, 4.69) is 36.5 Å². The standard InChI is InChI=1S/C14H19ClN4S/c1-10(2)19-14(12(15)8-17-19)13(18-16)9-20-11-6-4-3-5-7-11/h3-8,10,13,18H,9,16H2,1-2H3. The minimum absolute atomic E-state index is 0.0439. The van der Waals surface area contributed by atoms with Crippen molar-refractivity contribution in [2.24, 2.45) is 5.84 Å². The number of hydrogen-bond donors (Lipinski definition) is 2. The third-order valence-corrected chi connectivity index (χ3v) is 4.36. The number of nitrogens with one attached hydrogen (secondary N) is 1. The van der Waals surface area contributed by atoms with Crippen LogP contribution in [-0.2, 0) is 0 Å². The molecule has 3 N–H and O–H groups in total. The van der Waals surface area contributed by atoms with Crippen molar-refractivity contribution in [3.05, 3.63) is 47.2 Å². The molecule has 0 fully saturated rings. The summed E-state index contributed by atoms with van der Waals surface area (Å²) in [5.41, 5.74) is 3.78. The lowest BCUT2D eigenvalue weighted by atomic mass is 10.2. The van der Waals surface area contributed by atoms with E-state index in [4.69, 9.17) is 17.4 Å². The second kappa shape index (κ2) is 7.13. The molecule has 2 rings (SSSR count). The molecule has 0 saturated carbocycles. The molecule has 1 aromatic heterocycles. The van der Waals surface area contributed by atoms with Gasteiger partial charge in [-0.15, -0.1) is 11.8 Å². The lowest BCUT2D eigenvalue weighted by Gasteiger charge is -2.20. The van der Waals surface area contributed by atoms with E-state index < -0.39 is 0 Å². The fraction of sp³-hybridized carbons (Fsp3) is 0.357. The SMILES string of the molecule is CC(C)n1ncc(Cl)c1C(CSc1ccccc1)NN. The van der Waals surface area contributed by atoms with Crippen molar-refractivity contribution in [1.29, 1.82) is 0 Å². The number of hydrazine groups is 1. The van der Waals surface area contributed by atoms with Crippen LogP contribution in [0.4, 0.5) is 0 Å². The van der Waals surface area contributed by atoms with Crippen LogP contribution in [-0.4, -0.2) is 15.5 Å². The molecule has 0 radical (unpaired) electrons. The first-order chi connectivity index (χ1) is 9.63. The van der Waals surface area contributed by atoms with Gasteiger partial charge in [0.25, 0.3) is 0 Å². The van der Waals surface area contributed by atoms with E-state index in [0.717, 1.165) is 11.4 Å². The van der Waals surface area contributed by atoms with Gasteiger partial charge in [-0.25, -0.2) is 0 Å². The van der Waals surface area contributed by atoms with Gasteiger partial charge in [0.2, 0.25) is 0 Å². The number of nitrogens with zero attached hydrogens (tertiary/aromatic N) is 2. The first-order valence-corrected chi connectivity index (χ1v) is 7.86. The first-order valence-electron chi connectivity index (χ1n) is 6.50. The first kappa shape index (κ1) is 15.4. The van der Waals surface area contributed by atoms with Crippen molar-refractivity contribution in [3.63, 3.8) is 0 Å². The summed E-state index contributed by atoms with van der Waals surface area (Å²) in [6.45, 7) is 4.15. The van der Waals surface area contributed by atoms with E-state index in [-0.39, 0.29) is 12.1 Å². The predicted octanol–water partition coefficient (Wildman–Crippen LogP) is 3.41. The van der Waals surface area contributed by atoms with Crippen LogP contribution in [0.25, 0.3) is 0 Å². The second-order valence-electron chi connectivity index (χ2n) is 4.76. The van der Waals surface area contributed by atoms with E-state index >= 15 is 0 Å². The molecule has 0 saturated heterocycles. The zero-order chi connectivity index (χ0) is 14.5. The Morgan fingerprint density at radius 2 is 2.05 bits per heavy atom. The van der Waals surface area contributed by atoms with Gasteiger partial charge in [-0.1, -0.05) is 29.8 Å². The molecule has 1 aromatic carbocycles. The highest BCUT2D eigenvalue weighted by Crippen LogP contribution is 2.29. The molecule has 0 bridgehead atoms. The monoisotopic (exact) mass is 310 g/mol. The quantitative estimate of drug-likeness (QED) is 0.488. The fourth-order valence-electron chi connectivity index (χ4n) is 1.99. The third-order valence-electron chi connectivity index (χ3n) is 2.97. The Labute approximate surface area is 128 Å². The molecule has 0 aliphatic heterocycles. The van der Waals surface area contributed by atoms with Crippen LogP contribution >= 0.6 is 23.4 Å². The molecule has 0 aliphatic rings. The van der Waals surface area contributed by atoms with Crippen LogP contribution in [0.2, 0.25) is 5.02 Å². The van der Waals surface area contributed by atoms with Crippen LogP contribution < -0.4 is 11.3 Å². The molecule has 0 spiro atoms. The van der Waals surface area contributed by atoms with E-state index in [1.165, 1.54) is 4.90 Å². The largest absolute Gasteiger partial charge is 0.271 e. The van der Waals surface area contributed by atoms with Crippen molar-refractivity contribution >= 4 is 23.4 Å². The molecule has 1 unspecified atom stereocenters. The summed E-state index contributed by atoms with van der Waals surface area (Å²) in [5.74, 6) is 6.49. The van der Waals surface area contributed by atoms with Crippen molar-refractivity contribution in [3.8, 4) is 0 Å². The number of rotatable bonds is 6. The Kier molecular flexibility index (Phi) is 5.48. The Morgan fingerprint density at radius 1 is 1.35 bits per heavy atom. The van der Waals surface area contributed by atoms with Crippen molar-refractivity contribution in [1.82, 2.24) is 15.2 Å². The Bertz CT molecular complexity index is 541. The number of thioether (sulfide) groups is 1. The maximum Gasteiger partial charge on any atom is 0.0835 e. The molecule has 0 aliphatic carbocycles. The van der Waals surface area contributed by atoms with Gasteiger partial charge >= 0.3 is 0 Å². The van der Waals surface area contributed by atoms with Gasteiger partial charge in [0, 0.05) is 16.7 Å². The topological polar surface area (TPSA) is 55.9 Å². The lowest BCUT2D eigenvalue weighted by molar-refractivity contribution is 0.468. The molecule has 1 heterocycles.